The summed E-state index contributed by atoms with van der Waals surface area (Å²) in [5.41, 5.74) is 1.40. The van der Waals surface area contributed by atoms with Crippen molar-refractivity contribution in [1.29, 1.82) is 0 Å². The van der Waals surface area contributed by atoms with Crippen molar-refractivity contribution in [3.05, 3.63) is 75.8 Å². The number of thiazole rings is 1. The zero-order valence-corrected chi connectivity index (χ0v) is 15.7. The summed E-state index contributed by atoms with van der Waals surface area (Å²) in [6.07, 6.45) is 2.25. The molecule has 3 N–H and O–H groups in total. The van der Waals surface area contributed by atoms with E-state index < -0.39 is 10.0 Å². The molecule has 0 aliphatic heterocycles. The summed E-state index contributed by atoms with van der Waals surface area (Å²) < 4.78 is 22.5. The SMILES string of the molecule is NS(=O)(=O)c1ccc(Cc2cnc(NC(=O)c3ccc(Cl)cc3)s2)cc1. The lowest BCUT2D eigenvalue weighted by Crippen LogP contribution is -2.11. The molecule has 0 saturated carbocycles. The predicted molar refractivity (Wildman–Crippen MR) is 102 cm³/mol. The molecule has 0 unspecified atom stereocenters. The van der Waals surface area contributed by atoms with Crippen molar-refractivity contribution >= 4 is 44.0 Å². The number of hydrogen-bond donors (Lipinski definition) is 2. The summed E-state index contributed by atoms with van der Waals surface area (Å²) in [6, 6.07) is 12.9. The van der Waals surface area contributed by atoms with Crippen LogP contribution < -0.4 is 10.5 Å². The number of carbonyl (C=O) groups excluding carboxylic acids is 1. The van der Waals surface area contributed by atoms with Crippen molar-refractivity contribution < 1.29 is 13.2 Å². The van der Waals surface area contributed by atoms with Gasteiger partial charge in [-0.15, -0.1) is 11.3 Å². The van der Waals surface area contributed by atoms with Gasteiger partial charge in [0.25, 0.3) is 5.91 Å². The Kier molecular flexibility index (Phi) is 5.38. The van der Waals surface area contributed by atoms with Crippen LogP contribution in [0.25, 0.3) is 0 Å². The van der Waals surface area contributed by atoms with Gasteiger partial charge >= 0.3 is 0 Å². The number of nitrogens with zero attached hydrogens (tertiary/aromatic N) is 1. The molecule has 1 heterocycles. The zero-order chi connectivity index (χ0) is 18.7. The number of nitrogens with one attached hydrogen (secondary N) is 1. The molecular formula is C17H14ClN3O3S2. The number of rotatable bonds is 5. The molecule has 0 fully saturated rings. The van der Waals surface area contributed by atoms with Gasteiger partial charge in [-0.3, -0.25) is 10.1 Å². The predicted octanol–water partition coefficient (Wildman–Crippen LogP) is 3.29. The molecule has 0 bridgehead atoms. The molecule has 0 spiro atoms. The highest BCUT2D eigenvalue weighted by Gasteiger charge is 2.11. The summed E-state index contributed by atoms with van der Waals surface area (Å²) >= 11 is 7.16. The Balaban J connectivity index is 1.66. The second kappa shape index (κ2) is 7.55. The molecule has 6 nitrogen and oxygen atoms in total. The first-order valence-electron chi connectivity index (χ1n) is 7.44. The van der Waals surface area contributed by atoms with Gasteiger partial charge in [-0.1, -0.05) is 23.7 Å². The Morgan fingerprint density at radius 1 is 1.12 bits per heavy atom. The van der Waals surface area contributed by atoms with Crippen LogP contribution in [0, 0.1) is 0 Å². The van der Waals surface area contributed by atoms with Crippen LogP contribution in [0.1, 0.15) is 20.8 Å². The Morgan fingerprint density at radius 3 is 2.38 bits per heavy atom. The highest BCUT2D eigenvalue weighted by Crippen LogP contribution is 2.22. The van der Waals surface area contributed by atoms with Gasteiger partial charge < -0.3 is 0 Å². The zero-order valence-electron chi connectivity index (χ0n) is 13.3. The van der Waals surface area contributed by atoms with Gasteiger partial charge in [-0.2, -0.15) is 0 Å². The summed E-state index contributed by atoms with van der Waals surface area (Å²) in [5, 5.41) is 8.87. The molecule has 0 saturated heterocycles. The highest BCUT2D eigenvalue weighted by atomic mass is 35.5. The maximum atomic E-state index is 12.2. The molecule has 134 valence electrons. The molecule has 3 rings (SSSR count). The lowest BCUT2D eigenvalue weighted by Gasteiger charge is -2.02. The van der Waals surface area contributed by atoms with Crippen molar-refractivity contribution in [3.8, 4) is 0 Å². The third-order valence-corrected chi connectivity index (χ3v) is 5.60. The van der Waals surface area contributed by atoms with Crippen molar-refractivity contribution in [2.24, 2.45) is 5.14 Å². The standard InChI is InChI=1S/C17H14ClN3O3S2/c18-13-5-3-12(4-6-13)16(22)21-17-20-10-14(25-17)9-11-1-7-15(8-2-11)26(19,23)24/h1-8,10H,9H2,(H2,19,23,24)(H,20,21,22). The first kappa shape index (κ1) is 18.5. The van der Waals surface area contributed by atoms with Crippen LogP contribution in [0.15, 0.2) is 59.6 Å². The maximum Gasteiger partial charge on any atom is 0.257 e. The summed E-state index contributed by atoms with van der Waals surface area (Å²) in [7, 11) is -3.70. The van der Waals surface area contributed by atoms with Gasteiger partial charge in [-0.25, -0.2) is 18.5 Å². The first-order chi connectivity index (χ1) is 12.3. The van der Waals surface area contributed by atoms with Gasteiger partial charge in [0.05, 0.1) is 4.90 Å². The van der Waals surface area contributed by atoms with E-state index in [-0.39, 0.29) is 10.8 Å². The average Bonchev–Trinajstić information content (AvgIpc) is 3.02. The molecule has 9 heteroatoms. The van der Waals surface area contributed by atoms with E-state index in [1.807, 2.05) is 0 Å². The Hall–Kier alpha value is -2.26. The minimum Gasteiger partial charge on any atom is -0.298 e. The monoisotopic (exact) mass is 407 g/mol. The molecule has 1 aromatic heterocycles. The van der Waals surface area contributed by atoms with E-state index in [1.165, 1.54) is 23.5 Å². The second-order valence-corrected chi connectivity index (χ2v) is 8.57. The maximum absolute atomic E-state index is 12.2. The third-order valence-electron chi connectivity index (χ3n) is 3.51. The van der Waals surface area contributed by atoms with Crippen molar-refractivity contribution in [2.75, 3.05) is 5.32 Å². The summed E-state index contributed by atoms with van der Waals surface area (Å²) in [6.45, 7) is 0. The minimum atomic E-state index is -3.70. The van der Waals surface area contributed by atoms with Crippen LogP contribution in [0.5, 0.6) is 0 Å². The summed E-state index contributed by atoms with van der Waals surface area (Å²) in [4.78, 5) is 17.4. The van der Waals surface area contributed by atoms with E-state index in [9.17, 15) is 13.2 Å². The fourth-order valence-corrected chi connectivity index (χ4v) is 3.70. The Bertz CT molecular complexity index is 1030. The fourth-order valence-electron chi connectivity index (χ4n) is 2.22. The Morgan fingerprint density at radius 2 is 1.77 bits per heavy atom. The number of hydrogen-bond acceptors (Lipinski definition) is 5. The van der Waals surface area contributed by atoms with Crippen LogP contribution in [0.2, 0.25) is 5.02 Å². The minimum absolute atomic E-state index is 0.0708. The largest absolute Gasteiger partial charge is 0.298 e. The van der Waals surface area contributed by atoms with Gasteiger partial charge in [0.2, 0.25) is 10.0 Å². The normalized spacial score (nSPS) is 11.3. The van der Waals surface area contributed by atoms with Crippen molar-refractivity contribution in [2.45, 2.75) is 11.3 Å². The molecule has 0 aliphatic carbocycles. The van der Waals surface area contributed by atoms with E-state index >= 15 is 0 Å². The number of halogens is 1. The number of carbonyl (C=O) groups is 1. The molecule has 26 heavy (non-hydrogen) atoms. The van der Waals surface area contributed by atoms with E-state index in [0.29, 0.717) is 22.1 Å². The quantitative estimate of drug-likeness (QED) is 0.677. The number of amides is 1. The van der Waals surface area contributed by atoms with E-state index in [4.69, 9.17) is 16.7 Å². The number of nitrogens with two attached hydrogens (primary N) is 1. The topological polar surface area (TPSA) is 102 Å². The lowest BCUT2D eigenvalue weighted by atomic mass is 10.1. The smallest absolute Gasteiger partial charge is 0.257 e. The second-order valence-electron chi connectivity index (χ2n) is 5.46. The number of aromatic nitrogens is 1. The first-order valence-corrected chi connectivity index (χ1v) is 10.2. The third kappa shape index (κ3) is 4.67. The van der Waals surface area contributed by atoms with Gasteiger partial charge in [-0.05, 0) is 42.0 Å². The number of primary sulfonamides is 1. The van der Waals surface area contributed by atoms with Crippen LogP contribution in [-0.4, -0.2) is 19.3 Å². The van der Waals surface area contributed by atoms with Crippen LogP contribution in [0.4, 0.5) is 5.13 Å². The molecule has 2 aromatic carbocycles. The van der Waals surface area contributed by atoms with Crippen LogP contribution in [0.3, 0.4) is 0 Å². The molecule has 0 radical (unpaired) electrons. The number of benzene rings is 2. The summed E-state index contributed by atoms with van der Waals surface area (Å²) in [5.74, 6) is -0.264. The van der Waals surface area contributed by atoms with E-state index in [0.717, 1.165) is 10.4 Å². The van der Waals surface area contributed by atoms with E-state index in [1.54, 1.807) is 42.6 Å². The van der Waals surface area contributed by atoms with Gasteiger partial charge in [0, 0.05) is 28.1 Å². The number of anilines is 1. The molecule has 1 amide bonds. The fraction of sp³-hybridized carbons (Fsp3) is 0.0588. The van der Waals surface area contributed by atoms with Crippen LogP contribution >= 0.6 is 22.9 Å². The molecular weight excluding hydrogens is 394 g/mol. The van der Waals surface area contributed by atoms with Crippen LogP contribution in [-0.2, 0) is 16.4 Å². The van der Waals surface area contributed by atoms with Gasteiger partial charge in [0.1, 0.15) is 0 Å². The number of sulfonamides is 1. The van der Waals surface area contributed by atoms with Gasteiger partial charge in [0.15, 0.2) is 5.13 Å². The average molecular weight is 408 g/mol. The molecule has 3 aromatic rings. The van der Waals surface area contributed by atoms with Crippen molar-refractivity contribution in [3.63, 3.8) is 0 Å². The lowest BCUT2D eigenvalue weighted by molar-refractivity contribution is 0.102. The highest BCUT2D eigenvalue weighted by molar-refractivity contribution is 7.89. The van der Waals surface area contributed by atoms with E-state index in [2.05, 4.69) is 10.3 Å². The molecule has 0 atom stereocenters. The Labute approximate surface area is 159 Å². The van der Waals surface area contributed by atoms with Crippen molar-refractivity contribution in [1.82, 2.24) is 4.98 Å². The molecule has 0 aliphatic rings.